The number of hydrogen-bond donors (Lipinski definition) is 0. The summed E-state index contributed by atoms with van der Waals surface area (Å²) in [5, 5.41) is 0. The quantitative estimate of drug-likeness (QED) is 0.849. The lowest BCUT2D eigenvalue weighted by Crippen LogP contribution is -2.50. The van der Waals surface area contributed by atoms with Crippen molar-refractivity contribution < 1.29 is 17.6 Å². The molecular formula is C15H21FN2O3S. The average Bonchev–Trinajstić information content (AvgIpc) is 2.46. The van der Waals surface area contributed by atoms with Crippen LogP contribution in [0, 0.1) is 5.82 Å². The van der Waals surface area contributed by atoms with Crippen LogP contribution in [0.5, 0.6) is 0 Å². The second-order valence-corrected chi connectivity index (χ2v) is 7.46. The molecule has 122 valence electrons. The molecule has 2 rings (SSSR count). The van der Waals surface area contributed by atoms with E-state index in [4.69, 9.17) is 0 Å². The molecule has 0 N–H and O–H groups in total. The maximum absolute atomic E-state index is 13.4. The zero-order valence-corrected chi connectivity index (χ0v) is 13.6. The molecule has 7 heteroatoms. The molecule has 5 nitrogen and oxygen atoms in total. The Bertz CT molecular complexity index is 642. The number of benzene rings is 1. The van der Waals surface area contributed by atoms with Gasteiger partial charge in [0, 0.05) is 13.1 Å². The summed E-state index contributed by atoms with van der Waals surface area (Å²) >= 11 is 0. The number of amides is 1. The van der Waals surface area contributed by atoms with Crippen molar-refractivity contribution in [1.82, 2.24) is 4.90 Å². The fourth-order valence-corrected chi connectivity index (χ4v) is 3.96. The van der Waals surface area contributed by atoms with Gasteiger partial charge in [0.1, 0.15) is 11.9 Å². The van der Waals surface area contributed by atoms with Crippen molar-refractivity contribution in [3.05, 3.63) is 30.1 Å². The van der Waals surface area contributed by atoms with Crippen molar-refractivity contribution in [2.45, 2.75) is 32.2 Å². The molecule has 1 aromatic carbocycles. The number of halogens is 1. The molecule has 1 atom stereocenters. The molecule has 0 aromatic heterocycles. The van der Waals surface area contributed by atoms with E-state index in [-0.39, 0.29) is 11.6 Å². The van der Waals surface area contributed by atoms with E-state index in [1.807, 2.05) is 0 Å². The molecule has 1 amide bonds. The maximum Gasteiger partial charge on any atom is 0.246 e. The van der Waals surface area contributed by atoms with E-state index in [0.717, 1.165) is 35.9 Å². The Balaban J connectivity index is 2.31. The normalized spacial score (nSPS) is 17.1. The first kappa shape index (κ1) is 16.7. The van der Waals surface area contributed by atoms with Crippen molar-refractivity contribution in [2.75, 3.05) is 23.7 Å². The van der Waals surface area contributed by atoms with Crippen LogP contribution < -0.4 is 4.31 Å². The summed E-state index contributed by atoms with van der Waals surface area (Å²) in [5.74, 6) is -0.779. The number of anilines is 1. The van der Waals surface area contributed by atoms with Crippen LogP contribution in [0.25, 0.3) is 0 Å². The van der Waals surface area contributed by atoms with Crippen LogP contribution in [0.2, 0.25) is 0 Å². The molecule has 1 aliphatic rings. The molecule has 0 spiro atoms. The van der Waals surface area contributed by atoms with Gasteiger partial charge in [0.25, 0.3) is 0 Å². The number of rotatable bonds is 4. The van der Waals surface area contributed by atoms with E-state index in [1.165, 1.54) is 18.2 Å². The van der Waals surface area contributed by atoms with Gasteiger partial charge in [0.05, 0.1) is 11.9 Å². The summed E-state index contributed by atoms with van der Waals surface area (Å²) in [6.45, 7) is 2.83. The van der Waals surface area contributed by atoms with Crippen LogP contribution in [0.4, 0.5) is 10.1 Å². The van der Waals surface area contributed by atoms with Crippen LogP contribution in [0.15, 0.2) is 24.3 Å². The van der Waals surface area contributed by atoms with Crippen molar-refractivity contribution >= 4 is 21.6 Å². The van der Waals surface area contributed by atoms with Gasteiger partial charge in [0.2, 0.25) is 15.9 Å². The number of piperidine rings is 1. The highest BCUT2D eigenvalue weighted by Gasteiger charge is 2.32. The van der Waals surface area contributed by atoms with Crippen LogP contribution >= 0.6 is 0 Å². The third-order valence-corrected chi connectivity index (χ3v) is 5.04. The Morgan fingerprint density at radius 1 is 1.27 bits per heavy atom. The lowest BCUT2D eigenvalue weighted by atomic mass is 10.1. The Hall–Kier alpha value is -1.63. The lowest BCUT2D eigenvalue weighted by Gasteiger charge is -2.34. The Labute approximate surface area is 130 Å². The lowest BCUT2D eigenvalue weighted by molar-refractivity contribution is -0.132. The minimum absolute atomic E-state index is 0.167. The van der Waals surface area contributed by atoms with Gasteiger partial charge in [-0.3, -0.25) is 9.10 Å². The highest BCUT2D eigenvalue weighted by molar-refractivity contribution is 7.92. The minimum Gasteiger partial charge on any atom is -0.341 e. The van der Waals surface area contributed by atoms with E-state index >= 15 is 0 Å². The number of carbonyl (C=O) groups is 1. The first-order valence-corrected chi connectivity index (χ1v) is 9.19. The minimum atomic E-state index is -3.70. The topological polar surface area (TPSA) is 57.7 Å². The van der Waals surface area contributed by atoms with Crippen molar-refractivity contribution in [3.8, 4) is 0 Å². The smallest absolute Gasteiger partial charge is 0.246 e. The molecule has 1 aliphatic heterocycles. The van der Waals surface area contributed by atoms with E-state index in [2.05, 4.69) is 0 Å². The van der Waals surface area contributed by atoms with Gasteiger partial charge in [0.15, 0.2) is 0 Å². The zero-order valence-electron chi connectivity index (χ0n) is 12.8. The maximum atomic E-state index is 13.4. The van der Waals surface area contributed by atoms with Crippen molar-refractivity contribution in [2.24, 2.45) is 0 Å². The van der Waals surface area contributed by atoms with Gasteiger partial charge >= 0.3 is 0 Å². The predicted octanol–water partition coefficient (Wildman–Crippen LogP) is 1.99. The molecule has 1 saturated heterocycles. The van der Waals surface area contributed by atoms with Gasteiger partial charge in [-0.15, -0.1) is 0 Å². The number of hydrogen-bond acceptors (Lipinski definition) is 3. The molecular weight excluding hydrogens is 307 g/mol. The van der Waals surface area contributed by atoms with Crippen LogP contribution in [-0.2, 0) is 14.8 Å². The monoisotopic (exact) mass is 328 g/mol. The Morgan fingerprint density at radius 3 is 2.45 bits per heavy atom. The Morgan fingerprint density at radius 2 is 1.91 bits per heavy atom. The molecule has 1 heterocycles. The molecule has 0 unspecified atom stereocenters. The van der Waals surface area contributed by atoms with E-state index in [0.29, 0.717) is 13.1 Å². The third-order valence-electron chi connectivity index (χ3n) is 3.80. The number of sulfonamides is 1. The van der Waals surface area contributed by atoms with Crippen molar-refractivity contribution in [1.29, 1.82) is 0 Å². The summed E-state index contributed by atoms with van der Waals surface area (Å²) in [4.78, 5) is 14.3. The molecule has 0 aliphatic carbocycles. The fourth-order valence-electron chi connectivity index (χ4n) is 2.79. The number of likely N-dealkylation sites (tertiary alicyclic amines) is 1. The number of nitrogens with zero attached hydrogens (tertiary/aromatic N) is 2. The molecule has 0 saturated carbocycles. The Kier molecular flexibility index (Phi) is 5.05. The summed E-state index contributed by atoms with van der Waals surface area (Å²) in [5.41, 5.74) is 0.167. The van der Waals surface area contributed by atoms with Gasteiger partial charge in [-0.25, -0.2) is 12.8 Å². The molecule has 1 aromatic rings. The molecule has 1 fully saturated rings. The largest absolute Gasteiger partial charge is 0.341 e. The van der Waals surface area contributed by atoms with Gasteiger partial charge in [-0.2, -0.15) is 0 Å². The molecule has 22 heavy (non-hydrogen) atoms. The van der Waals surface area contributed by atoms with Crippen LogP contribution in [0.3, 0.4) is 0 Å². The highest BCUT2D eigenvalue weighted by atomic mass is 32.2. The zero-order chi connectivity index (χ0) is 16.3. The first-order chi connectivity index (χ1) is 10.3. The average molecular weight is 328 g/mol. The van der Waals surface area contributed by atoms with Gasteiger partial charge < -0.3 is 4.90 Å². The summed E-state index contributed by atoms with van der Waals surface area (Å²) in [6.07, 6.45) is 3.96. The number of carbonyl (C=O) groups excluding carboxylic acids is 1. The third kappa shape index (κ3) is 3.76. The second kappa shape index (κ2) is 6.64. The fraction of sp³-hybridized carbons (Fsp3) is 0.533. The van der Waals surface area contributed by atoms with E-state index in [1.54, 1.807) is 11.8 Å². The summed E-state index contributed by atoms with van der Waals surface area (Å²) < 4.78 is 38.6. The highest BCUT2D eigenvalue weighted by Crippen LogP contribution is 2.23. The van der Waals surface area contributed by atoms with E-state index in [9.17, 15) is 17.6 Å². The van der Waals surface area contributed by atoms with Gasteiger partial charge in [-0.05, 0) is 44.4 Å². The second-order valence-electron chi connectivity index (χ2n) is 5.60. The molecule has 0 radical (unpaired) electrons. The SMILES string of the molecule is C[C@H](C(=O)N1CCCCC1)N(c1cccc(F)c1)S(C)(=O)=O. The van der Waals surface area contributed by atoms with Crippen molar-refractivity contribution in [3.63, 3.8) is 0 Å². The first-order valence-electron chi connectivity index (χ1n) is 7.34. The predicted molar refractivity (Wildman–Crippen MR) is 83.6 cm³/mol. The standard InChI is InChI=1S/C15H21FN2O3S/c1-12(15(19)17-9-4-3-5-10-17)18(22(2,20)21)14-8-6-7-13(16)11-14/h6-8,11-12H,3-5,9-10H2,1-2H3/t12-/m1/s1. The van der Waals surface area contributed by atoms with Crippen LogP contribution in [-0.4, -0.2) is 44.6 Å². The van der Waals surface area contributed by atoms with Gasteiger partial charge in [-0.1, -0.05) is 6.07 Å². The summed E-state index contributed by atoms with van der Waals surface area (Å²) in [7, 11) is -3.70. The summed E-state index contributed by atoms with van der Waals surface area (Å²) in [6, 6.07) is 4.39. The molecule has 0 bridgehead atoms. The van der Waals surface area contributed by atoms with Crippen LogP contribution in [0.1, 0.15) is 26.2 Å². The van der Waals surface area contributed by atoms with E-state index < -0.39 is 21.9 Å².